The third-order valence-electron chi connectivity index (χ3n) is 3.58. The third kappa shape index (κ3) is 4.19. The van der Waals surface area contributed by atoms with Crippen LogP contribution in [-0.2, 0) is 0 Å². The first-order valence-electron chi connectivity index (χ1n) is 6.99. The van der Waals surface area contributed by atoms with Crippen LogP contribution in [0.25, 0.3) is 0 Å². The second kappa shape index (κ2) is 5.71. The number of nitrogens with one attached hydrogen (secondary N) is 2. The van der Waals surface area contributed by atoms with Crippen LogP contribution in [0.5, 0.6) is 0 Å². The minimum atomic E-state index is -0.551. The highest BCUT2D eigenvalue weighted by Gasteiger charge is 2.29. The molecule has 0 spiro atoms. The van der Waals surface area contributed by atoms with Crippen molar-refractivity contribution >= 4 is 5.96 Å². The molecule has 0 aliphatic heterocycles. The molecule has 0 radical (unpaired) electrons. The lowest BCUT2D eigenvalue weighted by Crippen LogP contribution is -2.41. The number of hydrogen-bond donors (Lipinski definition) is 3. The number of guanidine groups is 1. The standard InChI is InChI=1S/C13H25N3O/c1-2-14-12(16-11-6-7-11)15-10-13(17)8-4-3-5-9-13/h11,17H,2-10H2,1H3,(H2,14,15,16). The van der Waals surface area contributed by atoms with Gasteiger partial charge in [-0.2, -0.15) is 0 Å². The molecule has 0 unspecified atom stereocenters. The van der Waals surface area contributed by atoms with E-state index in [-0.39, 0.29) is 0 Å². The number of aliphatic hydroxyl groups is 1. The van der Waals surface area contributed by atoms with Crippen molar-refractivity contribution in [2.45, 2.75) is 63.5 Å². The normalized spacial score (nSPS) is 24.5. The molecule has 17 heavy (non-hydrogen) atoms. The number of hydrogen-bond acceptors (Lipinski definition) is 2. The minimum absolute atomic E-state index is 0.537. The summed E-state index contributed by atoms with van der Waals surface area (Å²) in [6.07, 6.45) is 7.83. The van der Waals surface area contributed by atoms with Gasteiger partial charge in [0.1, 0.15) is 0 Å². The van der Waals surface area contributed by atoms with Gasteiger partial charge in [0, 0.05) is 12.6 Å². The highest BCUT2D eigenvalue weighted by molar-refractivity contribution is 5.80. The van der Waals surface area contributed by atoms with Crippen LogP contribution >= 0.6 is 0 Å². The SMILES string of the molecule is CCNC(=NCC1(O)CCCCC1)NC1CC1. The van der Waals surface area contributed by atoms with Crippen molar-refractivity contribution in [2.75, 3.05) is 13.1 Å². The van der Waals surface area contributed by atoms with Gasteiger partial charge in [0.2, 0.25) is 0 Å². The molecule has 0 heterocycles. The molecule has 3 N–H and O–H groups in total. The van der Waals surface area contributed by atoms with Gasteiger partial charge in [0.15, 0.2) is 5.96 Å². The van der Waals surface area contributed by atoms with Gasteiger partial charge in [-0.05, 0) is 32.6 Å². The van der Waals surface area contributed by atoms with Gasteiger partial charge in [-0.25, -0.2) is 0 Å². The molecule has 0 aromatic carbocycles. The van der Waals surface area contributed by atoms with E-state index in [2.05, 4.69) is 22.5 Å². The van der Waals surface area contributed by atoms with Crippen molar-refractivity contribution in [3.05, 3.63) is 0 Å². The summed E-state index contributed by atoms with van der Waals surface area (Å²) in [4.78, 5) is 4.53. The molecule has 2 rings (SSSR count). The van der Waals surface area contributed by atoms with Gasteiger partial charge in [0.25, 0.3) is 0 Å². The predicted octanol–water partition coefficient (Wildman–Crippen LogP) is 1.40. The molecule has 2 fully saturated rings. The molecular formula is C13H25N3O. The van der Waals surface area contributed by atoms with Crippen molar-refractivity contribution in [1.29, 1.82) is 0 Å². The van der Waals surface area contributed by atoms with Crippen LogP contribution in [0.15, 0.2) is 4.99 Å². The quantitative estimate of drug-likeness (QED) is 0.513. The Morgan fingerprint density at radius 3 is 2.59 bits per heavy atom. The topological polar surface area (TPSA) is 56.7 Å². The summed E-state index contributed by atoms with van der Waals surface area (Å²) in [7, 11) is 0. The maximum atomic E-state index is 10.4. The molecular weight excluding hydrogens is 214 g/mol. The van der Waals surface area contributed by atoms with Crippen LogP contribution in [0.3, 0.4) is 0 Å². The van der Waals surface area contributed by atoms with E-state index in [0.717, 1.165) is 38.2 Å². The maximum Gasteiger partial charge on any atom is 0.191 e. The summed E-state index contributed by atoms with van der Waals surface area (Å²) in [5.41, 5.74) is -0.551. The van der Waals surface area contributed by atoms with E-state index >= 15 is 0 Å². The molecule has 98 valence electrons. The van der Waals surface area contributed by atoms with Gasteiger partial charge >= 0.3 is 0 Å². The van der Waals surface area contributed by atoms with Crippen molar-refractivity contribution in [3.8, 4) is 0 Å². The van der Waals surface area contributed by atoms with E-state index in [9.17, 15) is 5.11 Å². The molecule has 4 heteroatoms. The second-order valence-electron chi connectivity index (χ2n) is 5.40. The summed E-state index contributed by atoms with van der Waals surface area (Å²) in [5, 5.41) is 17.0. The maximum absolute atomic E-state index is 10.4. The van der Waals surface area contributed by atoms with E-state index < -0.39 is 5.60 Å². The minimum Gasteiger partial charge on any atom is -0.388 e. The number of nitrogens with zero attached hydrogens (tertiary/aromatic N) is 1. The Morgan fingerprint density at radius 1 is 1.29 bits per heavy atom. The van der Waals surface area contributed by atoms with Gasteiger partial charge < -0.3 is 15.7 Å². The van der Waals surface area contributed by atoms with E-state index in [0.29, 0.717) is 12.6 Å². The van der Waals surface area contributed by atoms with Crippen LogP contribution < -0.4 is 10.6 Å². The molecule has 0 aromatic heterocycles. The fourth-order valence-corrected chi connectivity index (χ4v) is 2.34. The van der Waals surface area contributed by atoms with E-state index in [4.69, 9.17) is 0 Å². The first-order valence-corrected chi connectivity index (χ1v) is 6.99. The number of rotatable bonds is 4. The van der Waals surface area contributed by atoms with E-state index in [1.54, 1.807) is 0 Å². The summed E-state index contributed by atoms with van der Waals surface area (Å²) < 4.78 is 0. The predicted molar refractivity (Wildman–Crippen MR) is 70.2 cm³/mol. The molecule has 0 saturated heterocycles. The van der Waals surface area contributed by atoms with Gasteiger partial charge in [-0.3, -0.25) is 4.99 Å². The van der Waals surface area contributed by atoms with Crippen LogP contribution in [0, 0.1) is 0 Å². The highest BCUT2D eigenvalue weighted by Crippen LogP contribution is 2.28. The first kappa shape index (κ1) is 12.7. The Hall–Kier alpha value is -0.770. The Labute approximate surface area is 104 Å². The van der Waals surface area contributed by atoms with Crippen LogP contribution in [0.4, 0.5) is 0 Å². The largest absolute Gasteiger partial charge is 0.388 e. The fourth-order valence-electron chi connectivity index (χ4n) is 2.34. The second-order valence-corrected chi connectivity index (χ2v) is 5.40. The molecule has 0 amide bonds. The van der Waals surface area contributed by atoms with Crippen molar-refractivity contribution in [1.82, 2.24) is 10.6 Å². The molecule has 2 aliphatic rings. The smallest absolute Gasteiger partial charge is 0.191 e. The highest BCUT2D eigenvalue weighted by atomic mass is 16.3. The molecule has 0 bridgehead atoms. The lowest BCUT2D eigenvalue weighted by molar-refractivity contribution is 0.0131. The van der Waals surface area contributed by atoms with E-state index in [1.165, 1.54) is 19.3 Å². The number of aliphatic imine (C=N–C) groups is 1. The van der Waals surface area contributed by atoms with Crippen molar-refractivity contribution < 1.29 is 5.11 Å². The summed E-state index contributed by atoms with van der Waals surface area (Å²) in [5.74, 6) is 0.869. The van der Waals surface area contributed by atoms with Gasteiger partial charge in [-0.15, -0.1) is 0 Å². The Bertz CT molecular complexity index is 268. The average molecular weight is 239 g/mol. The van der Waals surface area contributed by atoms with Gasteiger partial charge in [0.05, 0.1) is 12.1 Å². The van der Waals surface area contributed by atoms with Gasteiger partial charge in [-0.1, -0.05) is 19.3 Å². The lowest BCUT2D eigenvalue weighted by atomic mass is 9.85. The Kier molecular flexibility index (Phi) is 4.26. The van der Waals surface area contributed by atoms with Crippen LogP contribution in [0.1, 0.15) is 51.9 Å². The molecule has 0 aromatic rings. The fraction of sp³-hybridized carbons (Fsp3) is 0.923. The Balaban J connectivity index is 1.85. The Morgan fingerprint density at radius 2 is 2.00 bits per heavy atom. The summed E-state index contributed by atoms with van der Waals surface area (Å²) in [6, 6.07) is 0.605. The third-order valence-corrected chi connectivity index (χ3v) is 3.58. The average Bonchev–Trinajstić information content (AvgIpc) is 3.11. The zero-order valence-corrected chi connectivity index (χ0v) is 10.8. The van der Waals surface area contributed by atoms with E-state index in [1.807, 2.05) is 0 Å². The zero-order valence-electron chi connectivity index (χ0n) is 10.8. The zero-order chi connectivity index (χ0) is 12.1. The van der Waals surface area contributed by atoms with Crippen LogP contribution in [0.2, 0.25) is 0 Å². The summed E-state index contributed by atoms with van der Waals surface area (Å²) in [6.45, 7) is 3.48. The van der Waals surface area contributed by atoms with Crippen molar-refractivity contribution in [3.63, 3.8) is 0 Å². The summed E-state index contributed by atoms with van der Waals surface area (Å²) >= 11 is 0. The lowest BCUT2D eigenvalue weighted by Gasteiger charge is -2.30. The van der Waals surface area contributed by atoms with Crippen molar-refractivity contribution in [2.24, 2.45) is 4.99 Å². The monoisotopic (exact) mass is 239 g/mol. The van der Waals surface area contributed by atoms with Crippen LogP contribution in [-0.4, -0.2) is 35.8 Å². The molecule has 4 nitrogen and oxygen atoms in total. The molecule has 2 aliphatic carbocycles. The molecule has 2 saturated carbocycles. The first-order chi connectivity index (χ1) is 8.22. The molecule has 0 atom stereocenters.